The monoisotopic (exact) mass is 756 g/mol. The van der Waals surface area contributed by atoms with E-state index in [2.05, 4.69) is 59.1 Å². The molecule has 2 rings (SSSR count). The van der Waals surface area contributed by atoms with Crippen LogP contribution >= 0.6 is 11.3 Å². The van der Waals surface area contributed by atoms with Gasteiger partial charge in [-0.15, -0.1) is 11.3 Å². The highest BCUT2D eigenvalue weighted by molar-refractivity contribution is 7.09. The quantitative estimate of drug-likeness (QED) is 0.0879. The maximum atomic E-state index is 14.7. The van der Waals surface area contributed by atoms with E-state index in [0.717, 1.165) is 31.2 Å². The Kier molecular flexibility index (Phi) is 20.5. The highest BCUT2D eigenvalue weighted by Gasteiger charge is 2.38. The van der Waals surface area contributed by atoms with Crippen molar-refractivity contribution >= 4 is 34.9 Å². The first-order valence-electron chi connectivity index (χ1n) is 19.9. The second-order valence-electron chi connectivity index (χ2n) is 15.2. The van der Waals surface area contributed by atoms with Crippen LogP contribution < -0.4 is 10.6 Å². The molecule has 11 heteroatoms. The van der Waals surface area contributed by atoms with Gasteiger partial charge in [-0.2, -0.15) is 0 Å². The van der Waals surface area contributed by atoms with E-state index in [1.165, 1.54) is 11.3 Å². The number of likely N-dealkylation sites (N-methyl/N-ethyl adjacent to an activating group) is 1. The maximum Gasteiger partial charge on any atom is 0.306 e. The average Bonchev–Trinajstić information content (AvgIpc) is 3.63. The number of Topliss-reactive ketones (excluding diaryl/α,β-unsaturated/α-hetero) is 1. The lowest BCUT2D eigenvalue weighted by Gasteiger charge is -2.39. The van der Waals surface area contributed by atoms with Crippen molar-refractivity contribution in [2.75, 3.05) is 20.2 Å². The second kappa shape index (κ2) is 23.6. The number of benzene rings is 1. The van der Waals surface area contributed by atoms with Gasteiger partial charge < -0.3 is 25.4 Å². The highest BCUT2D eigenvalue weighted by atomic mass is 32.1. The Morgan fingerprint density at radius 2 is 1.58 bits per heavy atom. The van der Waals surface area contributed by atoms with Gasteiger partial charge in [0.1, 0.15) is 16.8 Å². The minimum atomic E-state index is -0.908. The Morgan fingerprint density at radius 1 is 0.925 bits per heavy atom. The molecule has 10 nitrogen and oxygen atoms in total. The third-order valence-corrected chi connectivity index (χ3v) is 11.5. The van der Waals surface area contributed by atoms with Crippen LogP contribution in [0.4, 0.5) is 0 Å². The van der Waals surface area contributed by atoms with Crippen molar-refractivity contribution in [1.29, 1.82) is 0 Å². The van der Waals surface area contributed by atoms with Crippen molar-refractivity contribution in [1.82, 2.24) is 20.5 Å². The van der Waals surface area contributed by atoms with E-state index in [0.29, 0.717) is 31.0 Å². The molecule has 2 aromatic rings. The third kappa shape index (κ3) is 14.2. The number of carboxylic acids is 1. The lowest BCUT2D eigenvalue weighted by atomic mass is 9.82. The van der Waals surface area contributed by atoms with Gasteiger partial charge in [-0.05, 0) is 56.0 Å². The number of carbonyl (C=O) groups is 4. The van der Waals surface area contributed by atoms with Crippen LogP contribution in [-0.2, 0) is 25.5 Å². The van der Waals surface area contributed by atoms with E-state index in [-0.39, 0.29) is 66.0 Å². The van der Waals surface area contributed by atoms with Gasteiger partial charge in [0, 0.05) is 49.4 Å². The highest BCUT2D eigenvalue weighted by Crippen LogP contribution is 2.33. The number of hydrogen-bond acceptors (Lipinski definition) is 8. The van der Waals surface area contributed by atoms with Crippen LogP contribution in [0, 0.1) is 29.6 Å². The summed E-state index contributed by atoms with van der Waals surface area (Å²) in [6, 6.07) is 8.83. The van der Waals surface area contributed by atoms with Crippen LogP contribution in [-0.4, -0.2) is 76.9 Å². The summed E-state index contributed by atoms with van der Waals surface area (Å²) in [5.41, 5.74) is 1.26. The number of carbonyl (C=O) groups excluding carboxylic acids is 3. The minimum absolute atomic E-state index is 0.0146. The summed E-state index contributed by atoms with van der Waals surface area (Å²) in [7, 11) is 1.82. The molecule has 53 heavy (non-hydrogen) atoms. The van der Waals surface area contributed by atoms with E-state index >= 15 is 0 Å². The first-order chi connectivity index (χ1) is 25.2. The number of aliphatic carboxylic acids is 1. The molecule has 0 aliphatic carbocycles. The number of ether oxygens (including phenoxy) is 1. The molecular weight excluding hydrogens is 689 g/mol. The Bertz CT molecular complexity index is 1400. The Balaban J connectivity index is 2.40. The van der Waals surface area contributed by atoms with Gasteiger partial charge in [-0.3, -0.25) is 19.2 Å². The summed E-state index contributed by atoms with van der Waals surface area (Å²) in [6.45, 7) is 19.4. The number of ketones is 1. The largest absolute Gasteiger partial charge is 0.481 e. The van der Waals surface area contributed by atoms with Crippen molar-refractivity contribution in [2.45, 2.75) is 138 Å². The van der Waals surface area contributed by atoms with Gasteiger partial charge in [0.2, 0.25) is 5.91 Å². The van der Waals surface area contributed by atoms with Gasteiger partial charge in [0.15, 0.2) is 5.78 Å². The topological polar surface area (TPSA) is 138 Å². The Labute approximate surface area is 323 Å². The fraction of sp³-hybridized carbons (Fsp3) is 0.690. The molecule has 0 unspecified atom stereocenters. The standard InChI is InChI=1S/C42H68N4O6S/c1-11-20-46(41(49)33(28(7)13-3)24-36(47)38(43-10)29(8)14-4)35(27(5)6)25-37(52-21-12-2)40-45-34(26-53-40)39(48)44-32(22-30(9)42(50)51)23-31-18-16-15-17-19-31/h15-19,26-30,32-33,35,37-38,43H,11-14,20-25H2,1-10H3,(H,44,48)(H,50,51)/t28-,29-,30-,32+,33-,35+,37+,38+/m0/s1. The number of rotatable bonds is 26. The number of aromatic nitrogens is 1. The number of nitrogens with one attached hydrogen (secondary N) is 2. The van der Waals surface area contributed by atoms with E-state index in [1.807, 2.05) is 49.2 Å². The summed E-state index contributed by atoms with van der Waals surface area (Å²) in [4.78, 5) is 60.4. The van der Waals surface area contributed by atoms with E-state index in [9.17, 15) is 24.3 Å². The minimum Gasteiger partial charge on any atom is -0.481 e. The number of thiazole rings is 1. The molecule has 0 saturated heterocycles. The van der Waals surface area contributed by atoms with E-state index in [4.69, 9.17) is 9.72 Å². The fourth-order valence-corrected chi connectivity index (χ4v) is 7.81. The number of carboxylic acid groups (broad SMARTS) is 1. The molecule has 8 atom stereocenters. The Hall–Kier alpha value is -3.15. The summed E-state index contributed by atoms with van der Waals surface area (Å²) >= 11 is 1.36. The van der Waals surface area contributed by atoms with Crippen LogP contribution in [0.25, 0.3) is 0 Å². The molecule has 1 aromatic carbocycles. The predicted molar refractivity (Wildman–Crippen MR) is 214 cm³/mol. The maximum absolute atomic E-state index is 14.7. The van der Waals surface area contributed by atoms with Crippen LogP contribution in [0.1, 0.15) is 134 Å². The smallest absolute Gasteiger partial charge is 0.306 e. The van der Waals surface area contributed by atoms with Crippen LogP contribution in [0.5, 0.6) is 0 Å². The second-order valence-corrected chi connectivity index (χ2v) is 16.0. The molecule has 0 bridgehead atoms. The molecule has 0 aliphatic rings. The van der Waals surface area contributed by atoms with Crippen molar-refractivity contribution < 1.29 is 29.0 Å². The van der Waals surface area contributed by atoms with Crippen LogP contribution in [0.2, 0.25) is 0 Å². The number of nitrogens with zero attached hydrogens (tertiary/aromatic N) is 2. The van der Waals surface area contributed by atoms with Crippen molar-refractivity contribution in [2.24, 2.45) is 29.6 Å². The zero-order valence-electron chi connectivity index (χ0n) is 34.0. The normalized spacial score (nSPS) is 16.2. The molecule has 0 saturated carbocycles. The van der Waals surface area contributed by atoms with E-state index in [1.54, 1.807) is 12.3 Å². The van der Waals surface area contributed by atoms with Crippen molar-refractivity contribution in [3.63, 3.8) is 0 Å². The first kappa shape index (κ1) is 46.0. The van der Waals surface area contributed by atoms with Crippen LogP contribution in [0.3, 0.4) is 0 Å². The molecule has 2 amide bonds. The lowest BCUT2D eigenvalue weighted by molar-refractivity contribution is -0.144. The lowest BCUT2D eigenvalue weighted by Crippen LogP contribution is -2.50. The molecule has 1 heterocycles. The predicted octanol–water partition coefficient (Wildman–Crippen LogP) is 7.97. The zero-order valence-corrected chi connectivity index (χ0v) is 34.8. The zero-order chi connectivity index (χ0) is 39.7. The first-order valence-corrected chi connectivity index (χ1v) is 20.7. The van der Waals surface area contributed by atoms with Gasteiger partial charge in [-0.25, -0.2) is 4.98 Å². The molecular formula is C42H68N4O6S. The molecule has 298 valence electrons. The summed E-state index contributed by atoms with van der Waals surface area (Å²) < 4.78 is 6.43. The molecule has 0 radical (unpaired) electrons. The fourth-order valence-electron chi connectivity index (χ4n) is 6.95. The van der Waals surface area contributed by atoms with Crippen LogP contribution in [0.15, 0.2) is 35.7 Å². The van der Waals surface area contributed by atoms with Gasteiger partial charge >= 0.3 is 5.97 Å². The van der Waals surface area contributed by atoms with Gasteiger partial charge in [0.25, 0.3) is 5.91 Å². The summed E-state index contributed by atoms with van der Waals surface area (Å²) in [5.74, 6) is -1.94. The number of hydrogen-bond donors (Lipinski definition) is 3. The van der Waals surface area contributed by atoms with Gasteiger partial charge in [-0.1, -0.05) is 105 Å². The van der Waals surface area contributed by atoms with Gasteiger partial charge in [0.05, 0.1) is 12.0 Å². The molecule has 3 N–H and O–H groups in total. The third-order valence-electron chi connectivity index (χ3n) is 10.6. The summed E-state index contributed by atoms with van der Waals surface area (Å²) in [5, 5.41) is 18.2. The average molecular weight is 757 g/mol. The van der Waals surface area contributed by atoms with Crippen molar-refractivity contribution in [3.05, 3.63) is 52.0 Å². The molecule has 0 fully saturated rings. The van der Waals surface area contributed by atoms with Crippen molar-refractivity contribution in [3.8, 4) is 0 Å². The SMILES string of the molecule is CCCO[C@H](C[C@H](C(C)C)N(CCC)C(=O)[C@@H](CC(=O)[C@H](NC)[C@@H](C)CC)[C@@H](C)CC)c1nc(C(=O)N[C@@H](Cc2ccccc2)C[C@H](C)C(=O)O)cs1. The molecule has 0 aliphatic heterocycles. The number of amides is 2. The molecule has 0 spiro atoms. The van der Waals surface area contributed by atoms with E-state index < -0.39 is 30.0 Å². The Morgan fingerprint density at radius 3 is 2.13 bits per heavy atom. The summed E-state index contributed by atoms with van der Waals surface area (Å²) in [6.07, 6.45) is 4.25. The molecule has 1 aromatic heterocycles.